The molecule has 0 amide bonds. The number of nitrogens with zero attached hydrogens (tertiary/aromatic N) is 6. The van der Waals surface area contributed by atoms with E-state index in [1.54, 1.807) is 0 Å². The Morgan fingerprint density at radius 2 is 0.436 bits per heavy atom. The highest BCUT2D eigenvalue weighted by atomic mass is 32.1. The quantitative estimate of drug-likeness (QED) is 0.0354. The van der Waals surface area contributed by atoms with E-state index < -0.39 is 0 Å². The minimum absolute atomic E-state index is 0.549. The molecule has 560 valence electrons. The van der Waals surface area contributed by atoms with E-state index >= 15 is 0 Å². The maximum absolute atomic E-state index is 6.31. The Bertz CT molecular complexity index is 3400. The lowest BCUT2D eigenvalue weighted by molar-refractivity contribution is 0.427. The minimum atomic E-state index is 0.549. The average Bonchev–Trinajstić information content (AvgIpc) is 1.57. The van der Waals surface area contributed by atoms with E-state index in [1.807, 2.05) is 56.7 Å². The van der Waals surface area contributed by atoms with Gasteiger partial charge in [0.15, 0.2) is 0 Å². The molecule has 0 spiro atoms. The van der Waals surface area contributed by atoms with Crippen LogP contribution in [0.2, 0.25) is 0 Å². The molecule has 0 fully saturated rings. The minimum Gasteiger partial charge on any atom is -0.248 e. The fourth-order valence-corrected chi connectivity index (χ4v) is 22.0. The van der Waals surface area contributed by atoms with Gasteiger partial charge in [0.2, 0.25) is 0 Å². The monoisotopic (exact) mass is 1460 g/mol. The van der Waals surface area contributed by atoms with Crippen molar-refractivity contribution in [3.8, 4) is 39.0 Å². The third-order valence-electron chi connectivity index (χ3n) is 23.1. The summed E-state index contributed by atoms with van der Waals surface area (Å²) in [6.45, 7) is 33.4. The SMILES string of the molecule is CCCCCCCCc1ccsc1-c1sc(-c2sc(-c3sc(-c4sccc4CCCCCCCC)c4nc(CC(CC)CCCC)c(CC(CC)CCCC)nc34)c3nc(CC(CC)CCCC)c(CC(CC)CCCC)nc23)c2nc(CC(CC)CCCC)c(CC(CC)CCCC)nc12. The van der Waals surface area contributed by atoms with E-state index in [1.165, 1.54) is 290 Å². The predicted octanol–water partition coefficient (Wildman–Crippen LogP) is 30.9. The molecule has 6 atom stereocenters. The molecule has 8 aromatic rings. The van der Waals surface area contributed by atoms with Crippen molar-refractivity contribution in [3.63, 3.8) is 0 Å². The molecule has 0 radical (unpaired) electrons. The van der Waals surface area contributed by atoms with Gasteiger partial charge in [0.05, 0.1) is 63.4 Å². The van der Waals surface area contributed by atoms with E-state index in [4.69, 9.17) is 29.9 Å². The predicted molar refractivity (Wildman–Crippen MR) is 453 cm³/mol. The molecule has 6 unspecified atom stereocenters. The highest BCUT2D eigenvalue weighted by molar-refractivity contribution is 7.32. The molecule has 6 nitrogen and oxygen atoms in total. The van der Waals surface area contributed by atoms with Crippen molar-refractivity contribution in [2.75, 3.05) is 0 Å². The van der Waals surface area contributed by atoms with Crippen molar-refractivity contribution in [1.29, 1.82) is 0 Å². The summed E-state index contributed by atoms with van der Waals surface area (Å²) in [7, 11) is 0. The van der Waals surface area contributed by atoms with Crippen LogP contribution in [0.5, 0.6) is 0 Å². The van der Waals surface area contributed by atoms with Gasteiger partial charge in [-0.1, -0.05) is 315 Å². The summed E-state index contributed by atoms with van der Waals surface area (Å²) in [6.07, 6.45) is 52.8. The zero-order valence-corrected chi connectivity index (χ0v) is 70.7. The number of hydrogen-bond acceptors (Lipinski definition) is 11. The van der Waals surface area contributed by atoms with Gasteiger partial charge in [-0.25, -0.2) is 29.9 Å². The second kappa shape index (κ2) is 45.2. The number of hydrogen-bond donors (Lipinski definition) is 0. The highest BCUT2D eigenvalue weighted by Crippen LogP contribution is 2.55. The van der Waals surface area contributed by atoms with Crippen LogP contribution in [0.3, 0.4) is 0 Å². The van der Waals surface area contributed by atoms with Crippen LogP contribution < -0.4 is 0 Å². The van der Waals surface area contributed by atoms with E-state index in [0.717, 1.165) is 110 Å². The van der Waals surface area contributed by atoms with Crippen LogP contribution in [0.4, 0.5) is 0 Å². The van der Waals surface area contributed by atoms with Gasteiger partial charge in [0.1, 0.15) is 33.1 Å². The van der Waals surface area contributed by atoms with Gasteiger partial charge in [-0.15, -0.1) is 56.7 Å². The second-order valence-electron chi connectivity index (χ2n) is 31.0. The Morgan fingerprint density at radius 3 is 0.644 bits per heavy atom. The van der Waals surface area contributed by atoms with Gasteiger partial charge in [-0.2, -0.15) is 0 Å². The normalized spacial score (nSPS) is 14.0. The van der Waals surface area contributed by atoms with E-state index in [9.17, 15) is 0 Å². The first-order valence-corrected chi connectivity index (χ1v) is 46.8. The summed E-state index contributed by atoms with van der Waals surface area (Å²) in [5.74, 6) is 3.39. The largest absolute Gasteiger partial charge is 0.248 e. The fourth-order valence-electron chi connectivity index (χ4n) is 15.9. The van der Waals surface area contributed by atoms with Crippen molar-refractivity contribution in [2.45, 2.75) is 379 Å². The molecule has 0 aliphatic carbocycles. The van der Waals surface area contributed by atoms with Crippen molar-refractivity contribution in [2.24, 2.45) is 35.5 Å². The first-order valence-electron chi connectivity index (χ1n) is 42.6. The van der Waals surface area contributed by atoms with E-state index in [0.29, 0.717) is 35.5 Å². The van der Waals surface area contributed by atoms with Crippen LogP contribution in [0.1, 0.15) is 373 Å². The molecule has 0 aromatic carbocycles. The molecular formula is C90H140N6S5. The maximum atomic E-state index is 6.31. The van der Waals surface area contributed by atoms with Crippen molar-refractivity contribution in [3.05, 3.63) is 68.2 Å². The van der Waals surface area contributed by atoms with E-state index in [-0.39, 0.29) is 0 Å². The van der Waals surface area contributed by atoms with Gasteiger partial charge < -0.3 is 0 Å². The zero-order valence-electron chi connectivity index (χ0n) is 66.6. The first kappa shape index (κ1) is 83.2. The molecule has 0 saturated heterocycles. The lowest BCUT2D eigenvalue weighted by atomic mass is 9.89. The van der Waals surface area contributed by atoms with Crippen LogP contribution in [0.15, 0.2) is 22.9 Å². The topological polar surface area (TPSA) is 77.3 Å². The molecule has 8 rings (SSSR count). The Kier molecular flexibility index (Phi) is 37.3. The Labute approximate surface area is 637 Å². The van der Waals surface area contributed by atoms with Crippen LogP contribution in [-0.4, -0.2) is 29.9 Å². The molecule has 0 saturated carbocycles. The molecule has 8 aromatic heterocycles. The van der Waals surface area contributed by atoms with Crippen molar-refractivity contribution in [1.82, 2.24) is 29.9 Å². The summed E-state index contributed by atoms with van der Waals surface area (Å²) in [5, 5.41) is 4.76. The van der Waals surface area contributed by atoms with Gasteiger partial charge in [-0.05, 0) is 134 Å². The van der Waals surface area contributed by atoms with Gasteiger partial charge in [-0.3, -0.25) is 0 Å². The first-order chi connectivity index (χ1) is 49.5. The molecule has 0 aliphatic rings. The van der Waals surface area contributed by atoms with Gasteiger partial charge in [0.25, 0.3) is 0 Å². The third-order valence-corrected chi connectivity index (χ3v) is 29.2. The smallest absolute Gasteiger partial charge is 0.109 e. The third kappa shape index (κ3) is 23.3. The standard InChI is InChI=1S/C90H140N6S5/c1-15-29-37-39-41-43-51-69-53-55-97-83(69)85-77-79(93-73(59-65(25-11)47-33-19-5)71(91-77)57-63(23-9)45-31-17-3)87(99-85)89-81-82(96-76(62-68(28-14)50-36-22-8)75(95-81)61-67(27-13)49-35-21-7)90(101-89)88-80-78(86(100-88)84-70(54-56-98-84)52-44-42-40-38-30-16-2)92-72(58-64(24-10)46-32-18-4)74(94-80)60-66(26-12)48-34-20-6/h53-56,63-68H,15-52,57-62H2,1-14H3. The van der Waals surface area contributed by atoms with Crippen LogP contribution in [0.25, 0.3) is 72.1 Å². The van der Waals surface area contributed by atoms with Crippen LogP contribution in [0, 0.1) is 35.5 Å². The molecule has 0 bridgehead atoms. The fraction of sp³-hybridized carbons (Fsp3) is 0.711. The van der Waals surface area contributed by atoms with E-state index in [2.05, 4.69) is 120 Å². The number of rotatable bonds is 54. The number of fused-ring (bicyclic) bond motifs is 3. The Hall–Kier alpha value is -3.48. The zero-order chi connectivity index (χ0) is 71.9. The molecule has 0 aliphatic heterocycles. The molecule has 11 heteroatoms. The maximum Gasteiger partial charge on any atom is 0.109 e. The molecule has 8 heterocycles. The highest BCUT2D eigenvalue weighted by Gasteiger charge is 2.33. The summed E-state index contributed by atoms with van der Waals surface area (Å²) < 4.78 is 0. The van der Waals surface area contributed by atoms with Crippen molar-refractivity contribution >= 4 is 89.8 Å². The van der Waals surface area contributed by atoms with Crippen LogP contribution >= 0.6 is 56.7 Å². The van der Waals surface area contributed by atoms with Gasteiger partial charge >= 0.3 is 0 Å². The number of thiophene rings is 5. The summed E-state index contributed by atoms with van der Waals surface area (Å²) in [5.41, 5.74) is 17.0. The summed E-state index contributed by atoms with van der Waals surface area (Å²) in [6, 6.07) is 4.91. The Morgan fingerprint density at radius 1 is 0.238 bits per heavy atom. The molecule has 101 heavy (non-hydrogen) atoms. The average molecular weight is 1470 g/mol. The van der Waals surface area contributed by atoms with Gasteiger partial charge in [0, 0.05) is 9.75 Å². The summed E-state index contributed by atoms with van der Waals surface area (Å²) in [4.78, 5) is 47.8. The molecular weight excluding hydrogens is 1330 g/mol. The number of unbranched alkanes of at least 4 members (excludes halogenated alkanes) is 16. The van der Waals surface area contributed by atoms with Crippen molar-refractivity contribution < 1.29 is 0 Å². The lowest BCUT2D eigenvalue weighted by Crippen LogP contribution is -2.13. The number of aromatic nitrogens is 6. The Balaban J connectivity index is 1.52. The summed E-state index contributed by atoms with van der Waals surface area (Å²) >= 11 is 9.83. The molecule has 0 N–H and O–H groups in total. The van der Waals surface area contributed by atoms with Crippen LogP contribution in [-0.2, 0) is 51.4 Å². The second-order valence-corrected chi connectivity index (χ2v) is 35.9. The number of aryl methyl sites for hydroxylation is 2. The lowest BCUT2D eigenvalue weighted by Gasteiger charge is -2.20.